The molecule has 0 bridgehead atoms. The Hall–Kier alpha value is -0.800. The number of aromatic nitrogens is 1. The van der Waals surface area contributed by atoms with Crippen molar-refractivity contribution in [3.8, 4) is 0 Å². The van der Waals surface area contributed by atoms with Gasteiger partial charge in [-0.25, -0.2) is 0 Å². The van der Waals surface area contributed by atoms with E-state index in [4.69, 9.17) is 0 Å². The highest BCUT2D eigenvalue weighted by molar-refractivity contribution is 9.10. The number of pyridine rings is 1. The molecule has 0 atom stereocenters. The van der Waals surface area contributed by atoms with Gasteiger partial charge in [-0.15, -0.1) is 0 Å². The minimum absolute atomic E-state index is 1.00. The van der Waals surface area contributed by atoms with E-state index in [1.807, 2.05) is 24.2 Å². The molecule has 0 radical (unpaired) electrons. The molecule has 0 saturated carbocycles. The second-order valence-electron chi connectivity index (χ2n) is 3.99. The minimum Gasteiger partial charge on any atom is -0.263 e. The zero-order valence-electron chi connectivity index (χ0n) is 9.69. The fraction of sp³-hybridized carbons (Fsp3) is 0.214. The summed E-state index contributed by atoms with van der Waals surface area (Å²) in [7, 11) is 0. The summed E-state index contributed by atoms with van der Waals surface area (Å²) in [5.41, 5.74) is 3.97. The predicted octanol–water partition coefficient (Wildman–Crippen LogP) is 4.59. The van der Waals surface area contributed by atoms with Gasteiger partial charge in [0.15, 0.2) is 0 Å². The van der Waals surface area contributed by atoms with Crippen LogP contribution in [0.3, 0.4) is 0 Å². The Kier molecular flexibility index (Phi) is 4.63. The standard InChI is InChI=1S/C14H14BrNS/c1-11-3-2-4-12(5-11)9-17-10-13-6-14(15)8-16-7-13/h2-8H,9-10H2,1H3. The topological polar surface area (TPSA) is 12.9 Å². The van der Waals surface area contributed by atoms with Crippen molar-refractivity contribution in [1.29, 1.82) is 0 Å². The molecule has 3 heteroatoms. The lowest BCUT2D eigenvalue weighted by atomic mass is 10.2. The molecule has 1 aromatic carbocycles. The summed E-state index contributed by atoms with van der Waals surface area (Å²) in [6.45, 7) is 2.13. The van der Waals surface area contributed by atoms with Crippen molar-refractivity contribution in [2.75, 3.05) is 0 Å². The highest BCUT2D eigenvalue weighted by atomic mass is 79.9. The number of hydrogen-bond acceptors (Lipinski definition) is 2. The molecular weight excluding hydrogens is 294 g/mol. The normalized spacial score (nSPS) is 10.5. The summed E-state index contributed by atoms with van der Waals surface area (Å²) in [5, 5.41) is 0. The van der Waals surface area contributed by atoms with Crippen LogP contribution in [0.2, 0.25) is 0 Å². The Bertz CT molecular complexity index is 454. The fourth-order valence-corrected chi connectivity index (χ4v) is 2.95. The average Bonchev–Trinajstić information content (AvgIpc) is 2.29. The first-order valence-corrected chi connectivity index (χ1v) is 7.41. The van der Waals surface area contributed by atoms with Gasteiger partial charge in [-0.3, -0.25) is 4.98 Å². The van der Waals surface area contributed by atoms with E-state index in [1.165, 1.54) is 16.7 Å². The van der Waals surface area contributed by atoms with Crippen LogP contribution < -0.4 is 0 Å². The molecule has 0 N–H and O–H groups in total. The van der Waals surface area contributed by atoms with Crippen LogP contribution in [0.5, 0.6) is 0 Å². The molecule has 2 rings (SSSR count). The third-order valence-corrected chi connectivity index (χ3v) is 3.89. The molecule has 1 nitrogen and oxygen atoms in total. The van der Waals surface area contributed by atoms with E-state index in [-0.39, 0.29) is 0 Å². The van der Waals surface area contributed by atoms with Crippen molar-refractivity contribution >= 4 is 27.7 Å². The Balaban J connectivity index is 1.87. The lowest BCUT2D eigenvalue weighted by molar-refractivity contribution is 1.23. The highest BCUT2D eigenvalue weighted by Gasteiger charge is 1.97. The summed E-state index contributed by atoms with van der Waals surface area (Å²) < 4.78 is 1.05. The van der Waals surface area contributed by atoms with Crippen molar-refractivity contribution in [2.45, 2.75) is 18.4 Å². The lowest BCUT2D eigenvalue weighted by Gasteiger charge is -2.03. The van der Waals surface area contributed by atoms with Crippen molar-refractivity contribution in [3.63, 3.8) is 0 Å². The van der Waals surface area contributed by atoms with Crippen LogP contribution in [0.15, 0.2) is 47.2 Å². The number of hydrogen-bond donors (Lipinski definition) is 0. The van der Waals surface area contributed by atoms with E-state index in [2.05, 4.69) is 58.2 Å². The Morgan fingerprint density at radius 1 is 1.12 bits per heavy atom. The van der Waals surface area contributed by atoms with Crippen LogP contribution >= 0.6 is 27.7 Å². The molecule has 0 aliphatic carbocycles. The first kappa shape index (κ1) is 12.7. The van der Waals surface area contributed by atoms with Crippen LogP contribution in [-0.2, 0) is 11.5 Å². The molecule has 0 saturated heterocycles. The van der Waals surface area contributed by atoms with Gasteiger partial charge in [0.25, 0.3) is 0 Å². The molecule has 0 fully saturated rings. The fourth-order valence-electron chi connectivity index (χ4n) is 1.62. The maximum atomic E-state index is 4.16. The van der Waals surface area contributed by atoms with Gasteiger partial charge in [-0.2, -0.15) is 11.8 Å². The molecule has 0 amide bonds. The second kappa shape index (κ2) is 6.22. The zero-order valence-corrected chi connectivity index (χ0v) is 12.1. The molecule has 0 aliphatic rings. The molecule has 0 unspecified atom stereocenters. The van der Waals surface area contributed by atoms with Crippen LogP contribution in [0.4, 0.5) is 0 Å². The maximum absolute atomic E-state index is 4.16. The van der Waals surface area contributed by atoms with Gasteiger partial charge in [0.1, 0.15) is 0 Å². The minimum atomic E-state index is 1.00. The average molecular weight is 308 g/mol. The van der Waals surface area contributed by atoms with Gasteiger partial charge in [0.2, 0.25) is 0 Å². The Morgan fingerprint density at radius 2 is 1.94 bits per heavy atom. The van der Waals surface area contributed by atoms with Crippen molar-refractivity contribution in [2.24, 2.45) is 0 Å². The summed E-state index contributed by atoms with van der Waals surface area (Å²) in [5.74, 6) is 2.05. The SMILES string of the molecule is Cc1cccc(CSCc2cncc(Br)c2)c1. The lowest BCUT2D eigenvalue weighted by Crippen LogP contribution is -1.86. The molecule has 0 spiro atoms. The number of rotatable bonds is 4. The third-order valence-electron chi connectivity index (χ3n) is 2.38. The summed E-state index contributed by atoms with van der Waals surface area (Å²) in [4.78, 5) is 4.16. The molecule has 17 heavy (non-hydrogen) atoms. The van der Waals surface area contributed by atoms with Crippen LogP contribution in [-0.4, -0.2) is 4.98 Å². The van der Waals surface area contributed by atoms with Crippen LogP contribution in [0.25, 0.3) is 0 Å². The highest BCUT2D eigenvalue weighted by Crippen LogP contribution is 2.19. The van der Waals surface area contributed by atoms with E-state index in [0.29, 0.717) is 0 Å². The monoisotopic (exact) mass is 307 g/mol. The molecular formula is C14H14BrNS. The number of nitrogens with zero attached hydrogens (tertiary/aromatic N) is 1. The largest absolute Gasteiger partial charge is 0.263 e. The van der Waals surface area contributed by atoms with Crippen molar-refractivity contribution in [1.82, 2.24) is 4.98 Å². The maximum Gasteiger partial charge on any atom is 0.0410 e. The summed E-state index contributed by atoms with van der Waals surface area (Å²) in [6, 6.07) is 10.8. The van der Waals surface area contributed by atoms with E-state index in [9.17, 15) is 0 Å². The van der Waals surface area contributed by atoms with Crippen molar-refractivity contribution < 1.29 is 0 Å². The molecule has 88 valence electrons. The zero-order chi connectivity index (χ0) is 12.1. The molecule has 0 aliphatic heterocycles. The van der Waals surface area contributed by atoms with Gasteiger partial charge in [-0.1, -0.05) is 29.8 Å². The van der Waals surface area contributed by atoms with Gasteiger partial charge >= 0.3 is 0 Å². The summed E-state index contributed by atoms with van der Waals surface area (Å²) >= 11 is 5.35. The molecule has 2 aromatic rings. The third kappa shape index (κ3) is 4.17. The van der Waals surface area contributed by atoms with E-state index >= 15 is 0 Å². The van der Waals surface area contributed by atoms with Gasteiger partial charge in [-0.05, 0) is 40.0 Å². The number of aryl methyl sites for hydroxylation is 1. The number of benzene rings is 1. The summed E-state index contributed by atoms with van der Waals surface area (Å²) in [6.07, 6.45) is 3.74. The van der Waals surface area contributed by atoms with Crippen LogP contribution in [0.1, 0.15) is 16.7 Å². The Morgan fingerprint density at radius 3 is 2.71 bits per heavy atom. The van der Waals surface area contributed by atoms with Gasteiger partial charge in [0, 0.05) is 28.4 Å². The first-order valence-electron chi connectivity index (χ1n) is 5.47. The van der Waals surface area contributed by atoms with Crippen molar-refractivity contribution in [3.05, 3.63) is 63.9 Å². The van der Waals surface area contributed by atoms with E-state index in [1.54, 1.807) is 0 Å². The van der Waals surface area contributed by atoms with Crippen LogP contribution in [0, 0.1) is 6.92 Å². The first-order chi connectivity index (χ1) is 8.24. The van der Waals surface area contributed by atoms with Gasteiger partial charge < -0.3 is 0 Å². The van der Waals surface area contributed by atoms with E-state index in [0.717, 1.165) is 16.0 Å². The Labute approximate surface area is 115 Å². The molecule has 1 aromatic heterocycles. The quantitative estimate of drug-likeness (QED) is 0.819. The predicted molar refractivity (Wildman–Crippen MR) is 78.1 cm³/mol. The number of thioether (sulfide) groups is 1. The molecule has 1 heterocycles. The van der Waals surface area contributed by atoms with Gasteiger partial charge in [0.05, 0.1) is 0 Å². The smallest absolute Gasteiger partial charge is 0.0410 e. The second-order valence-corrected chi connectivity index (χ2v) is 5.89. The number of halogens is 1. The van der Waals surface area contributed by atoms with E-state index < -0.39 is 0 Å².